The van der Waals surface area contributed by atoms with Gasteiger partial charge in [0.25, 0.3) is 5.91 Å². The Bertz CT molecular complexity index is 143. The predicted octanol–water partition coefficient (Wildman–Crippen LogP) is -0.915. The van der Waals surface area contributed by atoms with Gasteiger partial charge in [-0.2, -0.15) is 0 Å². The Kier molecular flexibility index (Phi) is 4.56. The average Bonchev–Trinajstić information content (AvgIpc) is 1.85. The molecule has 0 aliphatic rings. The van der Waals surface area contributed by atoms with Gasteiger partial charge in [-0.05, 0) is 12.8 Å². The number of hydrogen-bond donors (Lipinski definition) is 2. The van der Waals surface area contributed by atoms with Crippen molar-refractivity contribution in [3.8, 4) is 11.8 Å². The van der Waals surface area contributed by atoms with E-state index in [9.17, 15) is 4.79 Å². The van der Waals surface area contributed by atoms with Crippen molar-refractivity contribution in [2.45, 2.75) is 6.92 Å². The number of nitrogens with one attached hydrogen (secondary N) is 1. The molecule has 0 aromatic carbocycles. The maximum Gasteiger partial charge on any atom is 0.295 e. The molecular weight excluding hydrogens is 116 g/mol. The Hall–Kier alpha value is -1.01. The Morgan fingerprint density at radius 3 is 2.89 bits per heavy atom. The van der Waals surface area contributed by atoms with Crippen LogP contribution in [0.3, 0.4) is 0 Å². The summed E-state index contributed by atoms with van der Waals surface area (Å²) in [7, 11) is 0. The number of rotatable bonds is 2. The summed E-state index contributed by atoms with van der Waals surface area (Å²) in [6.07, 6.45) is 0. The predicted molar refractivity (Wildman–Crippen MR) is 35.5 cm³/mol. The summed E-state index contributed by atoms with van der Waals surface area (Å²) in [5.41, 5.74) is 5.11. The van der Waals surface area contributed by atoms with Crippen LogP contribution >= 0.6 is 0 Å². The summed E-state index contributed by atoms with van der Waals surface area (Å²) in [6, 6.07) is 0. The van der Waals surface area contributed by atoms with Crippen LogP contribution in [-0.4, -0.2) is 19.0 Å². The van der Waals surface area contributed by atoms with E-state index >= 15 is 0 Å². The van der Waals surface area contributed by atoms with Crippen molar-refractivity contribution < 1.29 is 4.79 Å². The van der Waals surface area contributed by atoms with E-state index in [1.54, 1.807) is 6.92 Å². The summed E-state index contributed by atoms with van der Waals surface area (Å²) in [6.45, 7) is 2.56. The minimum absolute atomic E-state index is 0.261. The maximum atomic E-state index is 10.5. The second kappa shape index (κ2) is 5.13. The van der Waals surface area contributed by atoms with E-state index in [-0.39, 0.29) is 5.91 Å². The van der Waals surface area contributed by atoms with Gasteiger partial charge in [-0.15, -0.1) is 0 Å². The van der Waals surface area contributed by atoms with Crippen LogP contribution in [0.15, 0.2) is 0 Å². The number of nitrogens with two attached hydrogens (primary N) is 1. The fourth-order valence-corrected chi connectivity index (χ4v) is 0.343. The molecule has 0 bridgehead atoms. The van der Waals surface area contributed by atoms with Crippen molar-refractivity contribution in [2.24, 2.45) is 5.73 Å². The van der Waals surface area contributed by atoms with Crippen LogP contribution in [0.2, 0.25) is 0 Å². The van der Waals surface area contributed by atoms with Crippen molar-refractivity contribution in [3.63, 3.8) is 0 Å². The number of hydrogen-bond acceptors (Lipinski definition) is 2. The van der Waals surface area contributed by atoms with Crippen LogP contribution in [0.25, 0.3) is 0 Å². The molecule has 0 aliphatic carbocycles. The summed E-state index contributed by atoms with van der Waals surface area (Å²) in [5.74, 6) is 4.54. The first-order valence-electron chi connectivity index (χ1n) is 2.72. The third-order valence-corrected chi connectivity index (χ3v) is 0.668. The molecule has 0 heterocycles. The topological polar surface area (TPSA) is 55.1 Å². The monoisotopic (exact) mass is 126 g/mol. The van der Waals surface area contributed by atoms with Crippen molar-refractivity contribution in [2.75, 3.05) is 13.1 Å². The minimum atomic E-state index is -0.261. The number of amides is 1. The van der Waals surface area contributed by atoms with Gasteiger partial charge >= 0.3 is 0 Å². The van der Waals surface area contributed by atoms with Crippen molar-refractivity contribution in [1.82, 2.24) is 5.32 Å². The molecule has 0 rings (SSSR count). The molecule has 0 aromatic rings. The van der Waals surface area contributed by atoms with Gasteiger partial charge in [0, 0.05) is 13.1 Å². The normalized spacial score (nSPS) is 7.33. The van der Waals surface area contributed by atoms with Gasteiger partial charge in [0.2, 0.25) is 0 Å². The molecule has 9 heavy (non-hydrogen) atoms. The first-order chi connectivity index (χ1) is 4.31. The minimum Gasteiger partial charge on any atom is -0.344 e. The van der Waals surface area contributed by atoms with Crippen LogP contribution in [0, 0.1) is 11.8 Å². The Morgan fingerprint density at radius 1 is 1.78 bits per heavy atom. The summed E-state index contributed by atoms with van der Waals surface area (Å²) in [4.78, 5) is 10.5. The zero-order valence-electron chi connectivity index (χ0n) is 5.40. The molecule has 3 heteroatoms. The standard InChI is InChI=1S/C6H10N2O/c1-2-3-6(9)8-5-4-7/h4-5,7H2,1H3,(H,8,9). The van der Waals surface area contributed by atoms with E-state index in [4.69, 9.17) is 5.73 Å². The van der Waals surface area contributed by atoms with E-state index < -0.39 is 0 Å². The van der Waals surface area contributed by atoms with Gasteiger partial charge in [-0.3, -0.25) is 4.79 Å². The third-order valence-electron chi connectivity index (χ3n) is 0.668. The summed E-state index contributed by atoms with van der Waals surface area (Å²) in [5, 5.41) is 2.50. The molecule has 1 amide bonds. The molecule has 3 nitrogen and oxygen atoms in total. The number of carbonyl (C=O) groups is 1. The molecule has 0 unspecified atom stereocenters. The van der Waals surface area contributed by atoms with E-state index in [2.05, 4.69) is 17.2 Å². The van der Waals surface area contributed by atoms with Gasteiger partial charge < -0.3 is 11.1 Å². The van der Waals surface area contributed by atoms with Gasteiger partial charge in [0.05, 0.1) is 0 Å². The Morgan fingerprint density at radius 2 is 2.44 bits per heavy atom. The molecule has 0 radical (unpaired) electrons. The van der Waals surface area contributed by atoms with E-state index in [0.29, 0.717) is 13.1 Å². The zero-order chi connectivity index (χ0) is 7.11. The van der Waals surface area contributed by atoms with Gasteiger partial charge in [-0.25, -0.2) is 0 Å². The molecule has 0 fully saturated rings. The average molecular weight is 126 g/mol. The maximum absolute atomic E-state index is 10.5. The van der Waals surface area contributed by atoms with Crippen LogP contribution in [-0.2, 0) is 4.79 Å². The quantitative estimate of drug-likeness (QED) is 0.470. The van der Waals surface area contributed by atoms with Gasteiger partial charge in [0.1, 0.15) is 0 Å². The van der Waals surface area contributed by atoms with E-state index in [1.807, 2.05) is 0 Å². The second-order valence-corrected chi connectivity index (χ2v) is 1.42. The Balaban J connectivity index is 3.35. The van der Waals surface area contributed by atoms with Crippen LogP contribution in [0.1, 0.15) is 6.92 Å². The van der Waals surface area contributed by atoms with Crippen LogP contribution in [0.4, 0.5) is 0 Å². The highest BCUT2D eigenvalue weighted by atomic mass is 16.1. The SMILES string of the molecule is CC#CC(=O)NCCN. The van der Waals surface area contributed by atoms with Crippen molar-refractivity contribution in [3.05, 3.63) is 0 Å². The lowest BCUT2D eigenvalue weighted by molar-refractivity contribution is -0.115. The fraction of sp³-hybridized carbons (Fsp3) is 0.500. The lowest BCUT2D eigenvalue weighted by Crippen LogP contribution is -2.27. The summed E-state index contributed by atoms with van der Waals surface area (Å²) >= 11 is 0. The van der Waals surface area contributed by atoms with Gasteiger partial charge in [-0.1, -0.05) is 5.92 Å². The molecule has 0 saturated carbocycles. The first kappa shape index (κ1) is 7.99. The first-order valence-corrected chi connectivity index (χ1v) is 2.72. The molecule has 3 N–H and O–H groups in total. The lowest BCUT2D eigenvalue weighted by atomic mass is 10.5. The molecule has 50 valence electrons. The molecule has 0 aromatic heterocycles. The highest BCUT2D eigenvalue weighted by molar-refractivity contribution is 5.93. The highest BCUT2D eigenvalue weighted by Crippen LogP contribution is 1.59. The molecule has 0 spiro atoms. The second-order valence-electron chi connectivity index (χ2n) is 1.42. The molecule has 0 saturated heterocycles. The van der Waals surface area contributed by atoms with Crippen LogP contribution in [0.5, 0.6) is 0 Å². The lowest BCUT2D eigenvalue weighted by Gasteiger charge is -1.93. The molecular formula is C6H10N2O. The van der Waals surface area contributed by atoms with Gasteiger partial charge in [0.15, 0.2) is 0 Å². The third kappa shape index (κ3) is 4.85. The number of carbonyl (C=O) groups excluding carboxylic acids is 1. The highest BCUT2D eigenvalue weighted by Gasteiger charge is 1.88. The smallest absolute Gasteiger partial charge is 0.295 e. The van der Waals surface area contributed by atoms with E-state index in [1.165, 1.54) is 0 Å². The zero-order valence-corrected chi connectivity index (χ0v) is 5.40. The van der Waals surface area contributed by atoms with Crippen molar-refractivity contribution in [1.29, 1.82) is 0 Å². The van der Waals surface area contributed by atoms with E-state index in [0.717, 1.165) is 0 Å². The fourth-order valence-electron chi connectivity index (χ4n) is 0.343. The molecule has 0 atom stereocenters. The van der Waals surface area contributed by atoms with Crippen LogP contribution < -0.4 is 11.1 Å². The molecule has 0 aliphatic heterocycles. The summed E-state index contributed by atoms with van der Waals surface area (Å²) < 4.78 is 0. The van der Waals surface area contributed by atoms with Crippen molar-refractivity contribution >= 4 is 5.91 Å². The largest absolute Gasteiger partial charge is 0.344 e. The Labute approximate surface area is 54.6 Å².